The molecule has 1 aromatic heterocycles. The molecule has 25 heavy (non-hydrogen) atoms. The van der Waals surface area contributed by atoms with Crippen LogP contribution in [0.5, 0.6) is 0 Å². The predicted octanol–water partition coefficient (Wildman–Crippen LogP) is 2.92. The predicted molar refractivity (Wildman–Crippen MR) is 97.4 cm³/mol. The van der Waals surface area contributed by atoms with Crippen LogP contribution in [0.25, 0.3) is 11.0 Å². The lowest BCUT2D eigenvalue weighted by molar-refractivity contribution is -0.138. The molecule has 0 radical (unpaired) electrons. The summed E-state index contributed by atoms with van der Waals surface area (Å²) in [5, 5.41) is 1.02. The summed E-state index contributed by atoms with van der Waals surface area (Å²) in [6, 6.07) is 4.10. The lowest BCUT2D eigenvalue weighted by atomic mass is 9.95. The van der Waals surface area contributed by atoms with Crippen LogP contribution < -0.4 is 0 Å². The first-order chi connectivity index (χ1) is 11.9. The van der Waals surface area contributed by atoms with Gasteiger partial charge in [-0.15, -0.1) is 0 Å². The highest BCUT2D eigenvalue weighted by molar-refractivity contribution is 5.89. The van der Waals surface area contributed by atoms with Gasteiger partial charge in [-0.25, -0.2) is 0 Å². The minimum atomic E-state index is 0.0411. The average Bonchev–Trinajstić information content (AvgIpc) is 3.01. The lowest BCUT2D eigenvalue weighted by Crippen LogP contribution is -2.43. The van der Waals surface area contributed by atoms with Gasteiger partial charge in [-0.3, -0.25) is 9.59 Å². The Morgan fingerprint density at radius 2 is 1.88 bits per heavy atom. The highest BCUT2D eigenvalue weighted by atomic mass is 16.3. The van der Waals surface area contributed by atoms with Gasteiger partial charge >= 0.3 is 0 Å². The van der Waals surface area contributed by atoms with Crippen LogP contribution in [0, 0.1) is 19.8 Å². The van der Waals surface area contributed by atoms with Gasteiger partial charge in [0.1, 0.15) is 5.58 Å². The van der Waals surface area contributed by atoms with Crippen LogP contribution in [0.15, 0.2) is 22.8 Å². The minimum Gasteiger partial charge on any atom is -0.464 e. The molecule has 1 aliphatic heterocycles. The Bertz CT molecular complexity index is 799. The van der Waals surface area contributed by atoms with Gasteiger partial charge in [-0.05, 0) is 37.8 Å². The van der Waals surface area contributed by atoms with Crippen LogP contribution in [0.4, 0.5) is 0 Å². The summed E-state index contributed by atoms with van der Waals surface area (Å²) in [7, 11) is 3.57. The number of carbonyl (C=O) groups excluding carboxylic acids is 2. The number of amides is 2. The van der Waals surface area contributed by atoms with Gasteiger partial charge in [0.15, 0.2) is 0 Å². The quantitative estimate of drug-likeness (QED) is 0.862. The molecule has 0 unspecified atom stereocenters. The smallest absolute Gasteiger partial charge is 0.227 e. The van der Waals surface area contributed by atoms with Gasteiger partial charge in [0.05, 0.1) is 12.7 Å². The highest BCUT2D eigenvalue weighted by Crippen LogP contribution is 2.27. The van der Waals surface area contributed by atoms with E-state index in [1.807, 2.05) is 17.9 Å². The maximum Gasteiger partial charge on any atom is 0.227 e. The number of hydrogen-bond acceptors (Lipinski definition) is 3. The van der Waals surface area contributed by atoms with Crippen molar-refractivity contribution in [1.29, 1.82) is 0 Å². The number of aryl methyl sites for hydroxylation is 2. The summed E-state index contributed by atoms with van der Waals surface area (Å²) in [5.74, 6) is 0.315. The summed E-state index contributed by atoms with van der Waals surface area (Å²) >= 11 is 0. The standard InChI is InChI=1S/C20H26N2O3/c1-13-5-6-17-16(12-25-19(17)14(13)2)11-18(23)22-9-7-15(8-10-22)20(24)21(3)4/h5-6,12,15H,7-11H2,1-4H3. The van der Waals surface area contributed by atoms with Gasteiger partial charge in [0.2, 0.25) is 11.8 Å². The number of fused-ring (bicyclic) bond motifs is 1. The molecule has 5 heteroatoms. The fourth-order valence-corrected chi connectivity index (χ4v) is 3.54. The van der Waals surface area contributed by atoms with Gasteiger partial charge < -0.3 is 14.2 Å². The molecule has 0 saturated carbocycles. The second kappa shape index (κ2) is 6.90. The third-order valence-electron chi connectivity index (χ3n) is 5.32. The van der Waals surface area contributed by atoms with E-state index in [0.717, 1.165) is 34.9 Å². The van der Waals surface area contributed by atoms with Crippen LogP contribution in [0.1, 0.15) is 29.5 Å². The summed E-state index contributed by atoms with van der Waals surface area (Å²) in [5.41, 5.74) is 4.12. The molecule has 1 saturated heterocycles. The summed E-state index contributed by atoms with van der Waals surface area (Å²) in [6.07, 6.45) is 3.54. The molecule has 2 aromatic rings. The Labute approximate surface area is 148 Å². The van der Waals surface area contributed by atoms with Crippen molar-refractivity contribution in [3.05, 3.63) is 35.1 Å². The van der Waals surface area contributed by atoms with E-state index in [0.29, 0.717) is 19.5 Å². The van der Waals surface area contributed by atoms with Crippen molar-refractivity contribution in [2.45, 2.75) is 33.1 Å². The second-order valence-electron chi connectivity index (χ2n) is 7.21. The number of piperidine rings is 1. The summed E-state index contributed by atoms with van der Waals surface area (Å²) in [4.78, 5) is 28.2. The summed E-state index contributed by atoms with van der Waals surface area (Å²) < 4.78 is 5.70. The Morgan fingerprint density at radius 1 is 1.20 bits per heavy atom. The van der Waals surface area contributed by atoms with E-state index in [1.165, 1.54) is 5.56 Å². The van der Waals surface area contributed by atoms with E-state index in [2.05, 4.69) is 13.0 Å². The topological polar surface area (TPSA) is 53.8 Å². The molecule has 1 aromatic carbocycles. The third-order valence-corrected chi connectivity index (χ3v) is 5.32. The average molecular weight is 342 g/mol. The molecule has 0 N–H and O–H groups in total. The first kappa shape index (κ1) is 17.5. The molecule has 3 rings (SSSR count). The normalized spacial score (nSPS) is 15.6. The monoisotopic (exact) mass is 342 g/mol. The molecule has 2 heterocycles. The maximum atomic E-state index is 12.7. The number of nitrogens with zero attached hydrogens (tertiary/aromatic N) is 2. The Balaban J connectivity index is 1.66. The van der Waals surface area contributed by atoms with Gasteiger partial charge in [-0.1, -0.05) is 12.1 Å². The van der Waals surface area contributed by atoms with Crippen LogP contribution in [-0.2, 0) is 16.0 Å². The zero-order valence-electron chi connectivity index (χ0n) is 15.5. The molecule has 0 atom stereocenters. The molecular weight excluding hydrogens is 316 g/mol. The number of rotatable bonds is 3. The van der Waals surface area contributed by atoms with Crippen molar-refractivity contribution in [3.63, 3.8) is 0 Å². The van der Waals surface area contributed by atoms with Crippen LogP contribution in [0.2, 0.25) is 0 Å². The highest BCUT2D eigenvalue weighted by Gasteiger charge is 2.28. The van der Waals surface area contributed by atoms with Crippen molar-refractivity contribution in [3.8, 4) is 0 Å². The molecule has 2 amide bonds. The van der Waals surface area contributed by atoms with Crippen LogP contribution in [0.3, 0.4) is 0 Å². The summed E-state index contributed by atoms with van der Waals surface area (Å²) in [6.45, 7) is 5.40. The minimum absolute atomic E-state index is 0.0411. The van der Waals surface area contributed by atoms with Crippen molar-refractivity contribution >= 4 is 22.8 Å². The first-order valence-electron chi connectivity index (χ1n) is 8.83. The zero-order chi connectivity index (χ0) is 18.1. The Kier molecular flexibility index (Phi) is 4.84. The van der Waals surface area contributed by atoms with Gasteiger partial charge in [-0.2, -0.15) is 0 Å². The van der Waals surface area contributed by atoms with Crippen molar-refractivity contribution < 1.29 is 14.0 Å². The molecule has 134 valence electrons. The SMILES string of the molecule is Cc1ccc2c(CC(=O)N3CCC(C(=O)N(C)C)CC3)coc2c1C. The number of carbonyl (C=O) groups is 2. The van der Waals surface area contributed by atoms with Crippen LogP contribution in [-0.4, -0.2) is 48.8 Å². The van der Waals surface area contributed by atoms with Crippen molar-refractivity contribution in [1.82, 2.24) is 9.80 Å². The number of hydrogen-bond donors (Lipinski definition) is 0. The zero-order valence-corrected chi connectivity index (χ0v) is 15.5. The fourth-order valence-electron chi connectivity index (χ4n) is 3.54. The third kappa shape index (κ3) is 3.41. The molecule has 0 aliphatic carbocycles. The van der Waals surface area contributed by atoms with E-state index >= 15 is 0 Å². The molecule has 1 fully saturated rings. The number of furan rings is 1. The van der Waals surface area contributed by atoms with Crippen LogP contribution >= 0.6 is 0 Å². The molecule has 5 nitrogen and oxygen atoms in total. The fraction of sp³-hybridized carbons (Fsp3) is 0.500. The second-order valence-corrected chi connectivity index (χ2v) is 7.21. The van der Waals surface area contributed by atoms with Gasteiger partial charge in [0.25, 0.3) is 0 Å². The molecular formula is C20H26N2O3. The largest absolute Gasteiger partial charge is 0.464 e. The molecule has 1 aliphatic rings. The maximum absolute atomic E-state index is 12.7. The van der Waals surface area contributed by atoms with E-state index in [9.17, 15) is 9.59 Å². The van der Waals surface area contributed by atoms with E-state index in [-0.39, 0.29) is 17.7 Å². The number of likely N-dealkylation sites (tertiary alicyclic amines) is 1. The molecule has 0 spiro atoms. The number of benzene rings is 1. The molecule has 0 bridgehead atoms. The van der Waals surface area contributed by atoms with E-state index in [4.69, 9.17) is 4.42 Å². The lowest BCUT2D eigenvalue weighted by Gasteiger charge is -2.32. The van der Waals surface area contributed by atoms with E-state index in [1.54, 1.807) is 25.3 Å². The van der Waals surface area contributed by atoms with Crippen molar-refractivity contribution in [2.75, 3.05) is 27.2 Å². The van der Waals surface area contributed by atoms with Crippen molar-refractivity contribution in [2.24, 2.45) is 5.92 Å². The van der Waals surface area contributed by atoms with E-state index < -0.39 is 0 Å². The Morgan fingerprint density at radius 3 is 2.52 bits per heavy atom. The Hall–Kier alpha value is -2.30. The van der Waals surface area contributed by atoms with Gasteiger partial charge in [0, 0.05) is 44.1 Å². The first-order valence-corrected chi connectivity index (χ1v) is 8.83.